The standard InChI is InChI=1S/C11H18N2O/c1-3-8-5-6-9-10(7-8)13-11(12-9)14-4-2/h8H,3-7H2,1-2H3,(H,12,13). The van der Waals surface area contributed by atoms with Crippen LogP contribution in [0.5, 0.6) is 6.01 Å². The van der Waals surface area contributed by atoms with Crippen molar-refractivity contribution in [3.8, 4) is 6.01 Å². The SMILES string of the molecule is CCOc1nc2c([nH]1)CC(CC)CC2. The number of hydrogen-bond donors (Lipinski definition) is 1. The number of H-pyrrole nitrogens is 1. The van der Waals surface area contributed by atoms with Crippen molar-refractivity contribution in [2.24, 2.45) is 5.92 Å². The van der Waals surface area contributed by atoms with Gasteiger partial charge >= 0.3 is 0 Å². The van der Waals surface area contributed by atoms with Crippen LogP contribution in [0.1, 0.15) is 38.1 Å². The smallest absolute Gasteiger partial charge is 0.293 e. The predicted octanol–water partition coefficient (Wildman–Crippen LogP) is 2.32. The van der Waals surface area contributed by atoms with E-state index in [1.807, 2.05) is 6.92 Å². The Hall–Kier alpha value is -0.990. The van der Waals surface area contributed by atoms with E-state index in [0.29, 0.717) is 12.6 Å². The molecule has 0 aliphatic heterocycles. The van der Waals surface area contributed by atoms with Gasteiger partial charge in [0.15, 0.2) is 0 Å². The Morgan fingerprint density at radius 2 is 2.36 bits per heavy atom. The fourth-order valence-corrected chi connectivity index (χ4v) is 2.08. The molecule has 0 radical (unpaired) electrons. The Balaban J connectivity index is 2.12. The van der Waals surface area contributed by atoms with Crippen molar-refractivity contribution < 1.29 is 4.74 Å². The van der Waals surface area contributed by atoms with Crippen LogP contribution >= 0.6 is 0 Å². The molecule has 3 heteroatoms. The van der Waals surface area contributed by atoms with E-state index in [2.05, 4.69) is 16.9 Å². The van der Waals surface area contributed by atoms with E-state index < -0.39 is 0 Å². The van der Waals surface area contributed by atoms with Gasteiger partial charge in [-0.3, -0.25) is 0 Å². The van der Waals surface area contributed by atoms with E-state index in [4.69, 9.17) is 4.74 Å². The summed E-state index contributed by atoms with van der Waals surface area (Å²) in [6.07, 6.45) is 4.80. The van der Waals surface area contributed by atoms with Crippen molar-refractivity contribution in [1.82, 2.24) is 9.97 Å². The molecule has 1 N–H and O–H groups in total. The highest BCUT2D eigenvalue weighted by atomic mass is 16.5. The maximum absolute atomic E-state index is 5.36. The molecule has 1 aliphatic rings. The number of ether oxygens (including phenoxy) is 1. The lowest BCUT2D eigenvalue weighted by atomic mass is 9.88. The Labute approximate surface area is 84.9 Å². The molecule has 0 saturated heterocycles. The third-order valence-electron chi connectivity index (χ3n) is 2.98. The lowest BCUT2D eigenvalue weighted by Gasteiger charge is -2.18. The normalized spacial score (nSPS) is 20.6. The number of fused-ring (bicyclic) bond motifs is 1. The fourth-order valence-electron chi connectivity index (χ4n) is 2.08. The van der Waals surface area contributed by atoms with Crippen LogP contribution in [0, 0.1) is 5.92 Å². The molecule has 3 nitrogen and oxygen atoms in total. The third kappa shape index (κ3) is 1.76. The molecule has 1 unspecified atom stereocenters. The van der Waals surface area contributed by atoms with Gasteiger partial charge in [-0.2, -0.15) is 0 Å². The molecular weight excluding hydrogens is 176 g/mol. The zero-order valence-corrected chi connectivity index (χ0v) is 8.97. The van der Waals surface area contributed by atoms with Crippen LogP contribution in [-0.2, 0) is 12.8 Å². The lowest BCUT2D eigenvalue weighted by molar-refractivity contribution is 0.315. The van der Waals surface area contributed by atoms with E-state index in [-0.39, 0.29) is 0 Å². The Bertz CT molecular complexity index is 306. The quantitative estimate of drug-likeness (QED) is 0.802. The zero-order chi connectivity index (χ0) is 9.97. The summed E-state index contributed by atoms with van der Waals surface area (Å²) >= 11 is 0. The molecule has 0 amide bonds. The molecule has 1 heterocycles. The first-order valence-electron chi connectivity index (χ1n) is 5.54. The first-order chi connectivity index (χ1) is 6.83. The van der Waals surface area contributed by atoms with E-state index in [1.54, 1.807) is 0 Å². The van der Waals surface area contributed by atoms with Gasteiger partial charge in [0.2, 0.25) is 0 Å². The molecule has 0 fully saturated rings. The van der Waals surface area contributed by atoms with Gasteiger partial charge in [-0.1, -0.05) is 13.3 Å². The van der Waals surface area contributed by atoms with Crippen LogP contribution in [-0.4, -0.2) is 16.6 Å². The minimum atomic E-state index is 0.684. The molecule has 0 spiro atoms. The average molecular weight is 194 g/mol. The maximum atomic E-state index is 5.36. The van der Waals surface area contributed by atoms with Crippen LogP contribution in [0.15, 0.2) is 0 Å². The predicted molar refractivity (Wildman–Crippen MR) is 55.6 cm³/mol. The molecule has 78 valence electrons. The van der Waals surface area contributed by atoms with Gasteiger partial charge < -0.3 is 9.72 Å². The summed E-state index contributed by atoms with van der Waals surface area (Å²) in [5.74, 6) is 0.831. The minimum Gasteiger partial charge on any atom is -0.465 e. The molecule has 1 aliphatic carbocycles. The lowest BCUT2D eigenvalue weighted by Crippen LogP contribution is -2.12. The van der Waals surface area contributed by atoms with Crippen LogP contribution in [0.3, 0.4) is 0 Å². The van der Waals surface area contributed by atoms with E-state index in [1.165, 1.54) is 24.2 Å². The summed E-state index contributed by atoms with van der Waals surface area (Å²) < 4.78 is 5.36. The van der Waals surface area contributed by atoms with E-state index in [9.17, 15) is 0 Å². The van der Waals surface area contributed by atoms with Crippen molar-refractivity contribution in [1.29, 1.82) is 0 Å². The van der Waals surface area contributed by atoms with Gasteiger partial charge in [-0.15, -0.1) is 0 Å². The molecule has 2 rings (SSSR count). The zero-order valence-electron chi connectivity index (χ0n) is 8.97. The number of imidazole rings is 1. The molecule has 0 saturated carbocycles. The highest BCUT2D eigenvalue weighted by molar-refractivity contribution is 5.20. The summed E-state index contributed by atoms with van der Waals surface area (Å²) in [6, 6.07) is 0.703. The van der Waals surface area contributed by atoms with Crippen molar-refractivity contribution in [2.45, 2.75) is 39.5 Å². The second kappa shape index (κ2) is 4.03. The van der Waals surface area contributed by atoms with Gasteiger partial charge in [0.25, 0.3) is 6.01 Å². The number of nitrogens with one attached hydrogen (secondary N) is 1. The topological polar surface area (TPSA) is 37.9 Å². The number of rotatable bonds is 3. The molecule has 1 atom stereocenters. The van der Waals surface area contributed by atoms with E-state index >= 15 is 0 Å². The van der Waals surface area contributed by atoms with Crippen LogP contribution in [0.2, 0.25) is 0 Å². The van der Waals surface area contributed by atoms with Crippen molar-refractivity contribution in [3.63, 3.8) is 0 Å². The second-order valence-electron chi connectivity index (χ2n) is 3.92. The van der Waals surface area contributed by atoms with Gasteiger partial charge in [0.1, 0.15) is 0 Å². The van der Waals surface area contributed by atoms with Crippen molar-refractivity contribution in [2.75, 3.05) is 6.61 Å². The van der Waals surface area contributed by atoms with Crippen LogP contribution in [0.25, 0.3) is 0 Å². The highest BCUT2D eigenvalue weighted by Crippen LogP contribution is 2.27. The molecule has 0 aromatic carbocycles. The summed E-state index contributed by atoms with van der Waals surface area (Å²) in [4.78, 5) is 7.70. The molecule has 1 aromatic heterocycles. The highest BCUT2D eigenvalue weighted by Gasteiger charge is 2.20. The van der Waals surface area contributed by atoms with E-state index in [0.717, 1.165) is 18.8 Å². The van der Waals surface area contributed by atoms with Crippen molar-refractivity contribution >= 4 is 0 Å². The number of aryl methyl sites for hydroxylation is 1. The summed E-state index contributed by atoms with van der Waals surface area (Å²) in [5, 5.41) is 0. The average Bonchev–Trinajstić information content (AvgIpc) is 2.59. The van der Waals surface area contributed by atoms with Crippen LogP contribution in [0.4, 0.5) is 0 Å². The van der Waals surface area contributed by atoms with Crippen molar-refractivity contribution in [3.05, 3.63) is 11.4 Å². The number of aromatic nitrogens is 2. The monoisotopic (exact) mass is 194 g/mol. The Morgan fingerprint density at radius 3 is 3.07 bits per heavy atom. The summed E-state index contributed by atoms with van der Waals surface area (Å²) in [6.45, 7) is 4.93. The number of aromatic amines is 1. The second-order valence-corrected chi connectivity index (χ2v) is 3.92. The minimum absolute atomic E-state index is 0.684. The Morgan fingerprint density at radius 1 is 1.50 bits per heavy atom. The fraction of sp³-hybridized carbons (Fsp3) is 0.727. The molecule has 0 bridgehead atoms. The first-order valence-corrected chi connectivity index (χ1v) is 5.54. The van der Waals surface area contributed by atoms with Gasteiger partial charge in [0.05, 0.1) is 12.3 Å². The van der Waals surface area contributed by atoms with Gasteiger partial charge in [-0.25, -0.2) is 4.98 Å². The van der Waals surface area contributed by atoms with Crippen LogP contribution < -0.4 is 4.74 Å². The molecule has 14 heavy (non-hydrogen) atoms. The summed E-state index contributed by atoms with van der Waals surface area (Å²) in [5.41, 5.74) is 2.52. The third-order valence-corrected chi connectivity index (χ3v) is 2.98. The number of hydrogen-bond acceptors (Lipinski definition) is 2. The largest absolute Gasteiger partial charge is 0.465 e. The first kappa shape index (κ1) is 9.56. The van der Waals surface area contributed by atoms with Gasteiger partial charge in [0, 0.05) is 5.69 Å². The number of nitrogens with zero attached hydrogens (tertiary/aromatic N) is 1. The molecule has 1 aromatic rings. The maximum Gasteiger partial charge on any atom is 0.293 e. The molecular formula is C11H18N2O. The summed E-state index contributed by atoms with van der Waals surface area (Å²) in [7, 11) is 0. The Kier molecular flexibility index (Phi) is 2.75. The van der Waals surface area contributed by atoms with Gasteiger partial charge in [-0.05, 0) is 32.1 Å².